The molecule has 0 aliphatic heterocycles. The lowest BCUT2D eigenvalue weighted by Gasteiger charge is -2.20. The van der Waals surface area contributed by atoms with E-state index in [0.29, 0.717) is 0 Å². The average molecular weight is 347 g/mol. The van der Waals surface area contributed by atoms with Crippen molar-refractivity contribution in [3.8, 4) is 0 Å². The molecule has 0 spiro atoms. The molecule has 0 heterocycles. The molecule has 24 heavy (non-hydrogen) atoms. The van der Waals surface area contributed by atoms with Crippen molar-refractivity contribution < 1.29 is 0 Å². The molecular formula is C20H34N3P. The number of rotatable bonds is 3. The SMILES string of the molecule is C=P(C)(Cc1cccc(C)c1)c1ccccc1.CCC.CN.N=N. The number of nitrogens with two attached hydrogens (primary N) is 1. The van der Waals surface area contributed by atoms with Crippen LogP contribution in [0.25, 0.3) is 0 Å². The Hall–Kier alpha value is -1.70. The maximum Gasteiger partial charge on any atom is -0.00440 e. The van der Waals surface area contributed by atoms with Crippen molar-refractivity contribution in [2.45, 2.75) is 33.4 Å². The zero-order valence-electron chi connectivity index (χ0n) is 15.8. The summed E-state index contributed by atoms with van der Waals surface area (Å²) in [4.78, 5) is 0. The maximum absolute atomic E-state index is 5.00. The van der Waals surface area contributed by atoms with E-state index in [9.17, 15) is 0 Å². The van der Waals surface area contributed by atoms with Gasteiger partial charge in [0.2, 0.25) is 0 Å². The van der Waals surface area contributed by atoms with Crippen LogP contribution in [0.15, 0.2) is 54.6 Å². The predicted molar refractivity (Wildman–Crippen MR) is 112 cm³/mol. The second-order valence-electron chi connectivity index (χ2n) is 5.59. The minimum atomic E-state index is -1.29. The van der Waals surface area contributed by atoms with Gasteiger partial charge in [0.25, 0.3) is 0 Å². The van der Waals surface area contributed by atoms with Gasteiger partial charge in [-0.25, -0.2) is 11.1 Å². The third kappa shape index (κ3) is 10.1. The highest BCUT2D eigenvalue weighted by Crippen LogP contribution is 2.43. The van der Waals surface area contributed by atoms with E-state index in [1.807, 2.05) is 0 Å². The van der Waals surface area contributed by atoms with Gasteiger partial charge in [-0.05, 0) is 37.7 Å². The standard InChI is InChI=1S/C16H19P.C3H8.CH5N.H2N2/c1-14-8-7-9-15(12-14)13-17(2,3)16-10-5-4-6-11-16;1-3-2;2*1-2/h4-12H,2,13H2,1,3H3;3H2,1-2H3;2H2,1H3;1-2H. The normalized spacial score (nSPS) is 11.2. The molecule has 0 aliphatic rings. The smallest absolute Gasteiger partial charge is 0.00440 e. The van der Waals surface area contributed by atoms with Crippen molar-refractivity contribution in [1.29, 1.82) is 11.1 Å². The van der Waals surface area contributed by atoms with Crippen LogP contribution in [-0.4, -0.2) is 20.0 Å². The van der Waals surface area contributed by atoms with Gasteiger partial charge in [0.05, 0.1) is 0 Å². The van der Waals surface area contributed by atoms with E-state index in [1.54, 1.807) is 0 Å². The number of aryl methyl sites for hydroxylation is 1. The van der Waals surface area contributed by atoms with Crippen LogP contribution in [0.1, 0.15) is 31.4 Å². The number of hydrogen-bond acceptors (Lipinski definition) is 3. The molecule has 4 N–H and O–H groups in total. The first-order chi connectivity index (χ1) is 11.5. The van der Waals surface area contributed by atoms with Gasteiger partial charge in [0.1, 0.15) is 0 Å². The molecule has 1 unspecified atom stereocenters. The van der Waals surface area contributed by atoms with Gasteiger partial charge in [-0.15, -0.1) is 0 Å². The van der Waals surface area contributed by atoms with E-state index < -0.39 is 6.89 Å². The summed E-state index contributed by atoms with van der Waals surface area (Å²) in [6, 6.07) is 19.4. The third-order valence-electron chi connectivity index (χ3n) is 2.99. The molecular weight excluding hydrogens is 313 g/mol. The molecule has 0 aromatic heterocycles. The van der Waals surface area contributed by atoms with Crippen molar-refractivity contribution in [2.75, 3.05) is 13.7 Å². The van der Waals surface area contributed by atoms with Crippen LogP contribution < -0.4 is 11.0 Å². The minimum absolute atomic E-state index is 1.08. The van der Waals surface area contributed by atoms with Crippen molar-refractivity contribution >= 4 is 18.5 Å². The molecule has 2 aromatic carbocycles. The maximum atomic E-state index is 5.00. The fraction of sp³-hybridized carbons (Fsp3) is 0.350. The summed E-state index contributed by atoms with van der Waals surface area (Å²) >= 11 is 0. The monoisotopic (exact) mass is 347 g/mol. The van der Waals surface area contributed by atoms with E-state index in [0.717, 1.165) is 6.16 Å². The van der Waals surface area contributed by atoms with Crippen LogP contribution in [-0.2, 0) is 6.16 Å². The van der Waals surface area contributed by atoms with Gasteiger partial charge in [0.15, 0.2) is 0 Å². The molecule has 0 radical (unpaired) electrons. The summed E-state index contributed by atoms with van der Waals surface area (Å²) < 4.78 is 0. The van der Waals surface area contributed by atoms with Crippen molar-refractivity contribution in [3.63, 3.8) is 0 Å². The molecule has 0 aliphatic carbocycles. The summed E-state index contributed by atoms with van der Waals surface area (Å²) in [6.07, 6.45) is 6.81. The number of hydrogen-bond donors (Lipinski definition) is 3. The van der Waals surface area contributed by atoms with Gasteiger partial charge in [0, 0.05) is 0 Å². The molecule has 4 heteroatoms. The van der Waals surface area contributed by atoms with Crippen LogP contribution >= 0.6 is 6.89 Å². The Kier molecular flexibility index (Phi) is 15.2. The zero-order chi connectivity index (χ0) is 19.0. The summed E-state index contributed by atoms with van der Waals surface area (Å²) in [5.41, 5.74) is 17.2. The summed E-state index contributed by atoms with van der Waals surface area (Å²) in [7, 11) is 1.50. The van der Waals surface area contributed by atoms with E-state index in [4.69, 9.17) is 11.1 Å². The highest BCUT2D eigenvalue weighted by molar-refractivity contribution is 7.79. The molecule has 1 atom stereocenters. The molecule has 2 aromatic rings. The molecule has 0 saturated carbocycles. The van der Waals surface area contributed by atoms with Crippen LogP contribution in [0.2, 0.25) is 0 Å². The Morgan fingerprint density at radius 2 is 1.46 bits per heavy atom. The summed E-state index contributed by atoms with van der Waals surface area (Å²) in [6.45, 7) is 7.42. The Morgan fingerprint density at radius 1 is 0.958 bits per heavy atom. The lowest BCUT2D eigenvalue weighted by Crippen LogP contribution is -2.05. The highest BCUT2D eigenvalue weighted by atomic mass is 31.2. The molecule has 0 fully saturated rings. The van der Waals surface area contributed by atoms with Crippen LogP contribution in [0.5, 0.6) is 0 Å². The Labute approximate surface area is 148 Å². The first kappa shape index (κ1) is 24.6. The molecule has 0 amide bonds. The average Bonchev–Trinajstić information content (AvgIpc) is 2.60. The van der Waals surface area contributed by atoms with Crippen molar-refractivity contribution in [1.82, 2.24) is 0 Å². The largest absolute Gasteiger partial charge is 0.333 e. The summed E-state index contributed by atoms with van der Waals surface area (Å²) in [5.74, 6) is 0. The zero-order valence-corrected chi connectivity index (χ0v) is 16.7. The number of benzene rings is 2. The quantitative estimate of drug-likeness (QED) is 0.498. The van der Waals surface area contributed by atoms with E-state index in [1.165, 1.54) is 29.9 Å². The second kappa shape index (κ2) is 14.9. The minimum Gasteiger partial charge on any atom is -0.333 e. The Morgan fingerprint density at radius 3 is 1.92 bits per heavy atom. The molecule has 2 rings (SSSR count). The molecule has 3 nitrogen and oxygen atoms in total. The first-order valence-electron chi connectivity index (χ1n) is 8.13. The van der Waals surface area contributed by atoms with Gasteiger partial charge in [-0.2, -0.15) is 0 Å². The van der Waals surface area contributed by atoms with Gasteiger partial charge >= 0.3 is 0 Å². The first-order valence-corrected chi connectivity index (χ1v) is 10.7. The lowest BCUT2D eigenvalue weighted by atomic mass is 10.2. The van der Waals surface area contributed by atoms with E-state index >= 15 is 0 Å². The Balaban J connectivity index is 0. The van der Waals surface area contributed by atoms with E-state index in [2.05, 4.69) is 94.1 Å². The second-order valence-corrected chi connectivity index (χ2v) is 9.21. The third-order valence-corrected chi connectivity index (χ3v) is 5.60. The molecule has 134 valence electrons. The van der Waals surface area contributed by atoms with Crippen molar-refractivity contribution in [3.05, 3.63) is 65.7 Å². The van der Waals surface area contributed by atoms with Crippen LogP contribution in [0.3, 0.4) is 0 Å². The lowest BCUT2D eigenvalue weighted by molar-refractivity contribution is 1.05. The molecule has 0 saturated heterocycles. The van der Waals surface area contributed by atoms with Crippen LogP contribution in [0, 0.1) is 18.0 Å². The summed E-state index contributed by atoms with van der Waals surface area (Å²) in [5, 5.41) is 1.40. The Bertz CT molecular complexity index is 582. The topological polar surface area (TPSA) is 73.7 Å². The predicted octanol–water partition coefficient (Wildman–Crippen LogP) is 5.49. The fourth-order valence-corrected chi connectivity index (χ4v) is 4.17. The molecule has 0 bridgehead atoms. The fourth-order valence-electron chi connectivity index (χ4n) is 2.09. The number of nitrogens with one attached hydrogen (secondary N) is 2. The highest BCUT2D eigenvalue weighted by Gasteiger charge is 2.11. The van der Waals surface area contributed by atoms with Gasteiger partial charge < -0.3 is 5.73 Å². The van der Waals surface area contributed by atoms with Gasteiger partial charge in [-0.3, -0.25) is 0 Å². The van der Waals surface area contributed by atoms with Crippen molar-refractivity contribution in [2.24, 2.45) is 5.73 Å². The van der Waals surface area contributed by atoms with Crippen LogP contribution in [0.4, 0.5) is 0 Å². The van der Waals surface area contributed by atoms with E-state index in [-0.39, 0.29) is 0 Å². The van der Waals surface area contributed by atoms with Gasteiger partial charge in [-0.1, -0.05) is 93.6 Å².